The standard InChI is InChI=1S/C11H18N4O/c1-11(2,7-16)15(3)8-5-4-6-14-9(8)10(12)13/h4-6,16H,7H2,1-3H3,(H3,12,13). The Morgan fingerprint density at radius 1 is 1.62 bits per heavy atom. The minimum absolute atomic E-state index is 0.00966. The maximum atomic E-state index is 9.31. The van der Waals surface area contributed by atoms with Crippen molar-refractivity contribution in [1.29, 1.82) is 5.41 Å². The molecule has 0 aliphatic heterocycles. The summed E-state index contributed by atoms with van der Waals surface area (Å²) in [5, 5.41) is 16.8. The van der Waals surface area contributed by atoms with Gasteiger partial charge in [0.2, 0.25) is 0 Å². The number of nitrogens with one attached hydrogen (secondary N) is 1. The molecular weight excluding hydrogens is 204 g/mol. The Labute approximate surface area is 95.4 Å². The van der Waals surface area contributed by atoms with Crippen molar-refractivity contribution in [2.75, 3.05) is 18.6 Å². The van der Waals surface area contributed by atoms with Crippen molar-refractivity contribution in [3.63, 3.8) is 0 Å². The molecule has 0 atom stereocenters. The van der Waals surface area contributed by atoms with E-state index in [4.69, 9.17) is 11.1 Å². The number of nitrogen functional groups attached to an aromatic ring is 1. The summed E-state index contributed by atoms with van der Waals surface area (Å²) in [6, 6.07) is 3.62. The number of aromatic nitrogens is 1. The highest BCUT2D eigenvalue weighted by Gasteiger charge is 2.25. The van der Waals surface area contributed by atoms with Crippen molar-refractivity contribution < 1.29 is 5.11 Å². The number of aliphatic hydroxyl groups excluding tert-OH is 1. The Morgan fingerprint density at radius 3 is 2.75 bits per heavy atom. The van der Waals surface area contributed by atoms with Crippen LogP contribution in [0.3, 0.4) is 0 Å². The fourth-order valence-electron chi connectivity index (χ4n) is 1.31. The summed E-state index contributed by atoms with van der Waals surface area (Å²) in [6.07, 6.45) is 1.60. The number of anilines is 1. The highest BCUT2D eigenvalue weighted by Crippen LogP contribution is 2.23. The van der Waals surface area contributed by atoms with Gasteiger partial charge in [-0.3, -0.25) is 10.4 Å². The predicted molar refractivity (Wildman–Crippen MR) is 64.8 cm³/mol. The summed E-state index contributed by atoms with van der Waals surface area (Å²) >= 11 is 0. The molecule has 0 fully saturated rings. The second kappa shape index (κ2) is 4.49. The number of likely N-dealkylation sites (N-methyl/N-ethyl adjacent to an activating group) is 1. The van der Waals surface area contributed by atoms with Gasteiger partial charge in [0.15, 0.2) is 0 Å². The monoisotopic (exact) mass is 222 g/mol. The lowest BCUT2D eigenvalue weighted by Crippen LogP contribution is -2.45. The lowest BCUT2D eigenvalue weighted by Gasteiger charge is -2.36. The van der Waals surface area contributed by atoms with Gasteiger partial charge in [-0.2, -0.15) is 0 Å². The van der Waals surface area contributed by atoms with Gasteiger partial charge in [0.25, 0.3) is 0 Å². The first-order valence-corrected chi connectivity index (χ1v) is 5.04. The summed E-state index contributed by atoms with van der Waals surface area (Å²) in [7, 11) is 1.85. The van der Waals surface area contributed by atoms with Crippen molar-refractivity contribution in [3.8, 4) is 0 Å². The molecule has 0 spiro atoms. The molecule has 1 aromatic rings. The van der Waals surface area contributed by atoms with Crippen LogP contribution in [-0.4, -0.2) is 35.1 Å². The Hall–Kier alpha value is -1.62. The molecule has 0 aliphatic carbocycles. The van der Waals surface area contributed by atoms with Crippen LogP contribution in [0, 0.1) is 5.41 Å². The molecule has 4 N–H and O–H groups in total. The van der Waals surface area contributed by atoms with Crippen LogP contribution in [-0.2, 0) is 0 Å². The van der Waals surface area contributed by atoms with Crippen molar-refractivity contribution in [3.05, 3.63) is 24.0 Å². The van der Waals surface area contributed by atoms with Crippen molar-refractivity contribution in [2.45, 2.75) is 19.4 Å². The molecule has 0 amide bonds. The highest BCUT2D eigenvalue weighted by atomic mass is 16.3. The SMILES string of the molecule is CN(c1cccnc1C(=N)N)C(C)(C)CO. The van der Waals surface area contributed by atoms with Crippen molar-refractivity contribution >= 4 is 11.5 Å². The number of pyridine rings is 1. The van der Waals surface area contributed by atoms with Gasteiger partial charge >= 0.3 is 0 Å². The molecule has 1 aromatic heterocycles. The zero-order valence-corrected chi connectivity index (χ0v) is 9.86. The number of nitrogens with two attached hydrogens (primary N) is 1. The quantitative estimate of drug-likeness (QED) is 0.513. The molecule has 0 aromatic carbocycles. The van der Waals surface area contributed by atoms with Crippen LogP contribution in [0.15, 0.2) is 18.3 Å². The average Bonchev–Trinajstić information content (AvgIpc) is 2.28. The summed E-state index contributed by atoms with van der Waals surface area (Å²) < 4.78 is 0. The lowest BCUT2D eigenvalue weighted by atomic mass is 10.0. The molecule has 0 saturated heterocycles. The third-order valence-corrected chi connectivity index (χ3v) is 2.70. The molecule has 5 nitrogen and oxygen atoms in total. The van der Waals surface area contributed by atoms with Crippen LogP contribution in [0.5, 0.6) is 0 Å². The Bertz CT molecular complexity index is 389. The summed E-state index contributed by atoms with van der Waals surface area (Å²) in [5.41, 5.74) is 6.23. The van der Waals surface area contributed by atoms with E-state index in [0.717, 1.165) is 5.69 Å². The fourth-order valence-corrected chi connectivity index (χ4v) is 1.31. The largest absolute Gasteiger partial charge is 0.394 e. The zero-order valence-electron chi connectivity index (χ0n) is 9.86. The molecule has 1 heterocycles. The van der Waals surface area contributed by atoms with Crippen LogP contribution in [0.25, 0.3) is 0 Å². The van der Waals surface area contributed by atoms with Crippen LogP contribution in [0.1, 0.15) is 19.5 Å². The smallest absolute Gasteiger partial charge is 0.143 e. The fraction of sp³-hybridized carbons (Fsp3) is 0.455. The van der Waals surface area contributed by atoms with Crippen LogP contribution < -0.4 is 10.6 Å². The second-order valence-electron chi connectivity index (χ2n) is 4.31. The van der Waals surface area contributed by atoms with Gasteiger partial charge in [0, 0.05) is 13.2 Å². The van der Waals surface area contributed by atoms with Gasteiger partial charge in [0.1, 0.15) is 11.5 Å². The maximum Gasteiger partial charge on any atom is 0.143 e. The van der Waals surface area contributed by atoms with Gasteiger partial charge in [-0.15, -0.1) is 0 Å². The molecule has 0 radical (unpaired) electrons. The van der Waals surface area contributed by atoms with Crippen molar-refractivity contribution in [2.24, 2.45) is 5.73 Å². The molecule has 0 aliphatic rings. The second-order valence-corrected chi connectivity index (χ2v) is 4.31. The molecule has 16 heavy (non-hydrogen) atoms. The number of hydrogen-bond acceptors (Lipinski definition) is 4. The molecule has 88 valence electrons. The van der Waals surface area contributed by atoms with E-state index in [0.29, 0.717) is 5.69 Å². The van der Waals surface area contributed by atoms with E-state index >= 15 is 0 Å². The first-order valence-electron chi connectivity index (χ1n) is 5.04. The number of amidine groups is 1. The molecule has 0 bridgehead atoms. The highest BCUT2D eigenvalue weighted by molar-refractivity contribution is 5.98. The number of aliphatic hydroxyl groups is 1. The van der Waals surface area contributed by atoms with E-state index in [1.807, 2.05) is 31.9 Å². The molecular formula is C11H18N4O. The minimum Gasteiger partial charge on any atom is -0.394 e. The van der Waals surface area contributed by atoms with E-state index in [1.54, 1.807) is 12.3 Å². The van der Waals surface area contributed by atoms with Crippen LogP contribution in [0.4, 0.5) is 5.69 Å². The number of rotatable bonds is 4. The average molecular weight is 222 g/mol. The van der Waals surface area contributed by atoms with Gasteiger partial charge < -0.3 is 15.7 Å². The Morgan fingerprint density at radius 2 is 2.25 bits per heavy atom. The normalized spacial score (nSPS) is 11.2. The van der Waals surface area contributed by atoms with Gasteiger partial charge in [0.05, 0.1) is 17.8 Å². The molecule has 1 rings (SSSR count). The molecule has 0 unspecified atom stereocenters. The van der Waals surface area contributed by atoms with Crippen molar-refractivity contribution in [1.82, 2.24) is 4.98 Å². The lowest BCUT2D eigenvalue weighted by molar-refractivity contribution is 0.216. The minimum atomic E-state index is -0.423. The van der Waals surface area contributed by atoms with E-state index in [1.165, 1.54) is 0 Å². The third-order valence-electron chi connectivity index (χ3n) is 2.70. The first kappa shape index (κ1) is 12.4. The van der Waals surface area contributed by atoms with Crippen LogP contribution >= 0.6 is 0 Å². The summed E-state index contributed by atoms with van der Waals surface area (Å²) in [4.78, 5) is 5.95. The van der Waals surface area contributed by atoms with Gasteiger partial charge in [-0.25, -0.2) is 0 Å². The molecule has 5 heteroatoms. The predicted octanol–water partition coefficient (Wildman–Crippen LogP) is 0.573. The summed E-state index contributed by atoms with van der Waals surface area (Å²) in [5.74, 6) is -0.0730. The van der Waals surface area contributed by atoms with E-state index in [-0.39, 0.29) is 12.4 Å². The van der Waals surface area contributed by atoms with Gasteiger partial charge in [-0.1, -0.05) is 0 Å². The van der Waals surface area contributed by atoms with Crippen LogP contribution in [0.2, 0.25) is 0 Å². The Kier molecular flexibility index (Phi) is 3.49. The van der Waals surface area contributed by atoms with Gasteiger partial charge in [-0.05, 0) is 26.0 Å². The Balaban J connectivity index is 3.18. The number of hydrogen-bond donors (Lipinski definition) is 3. The summed E-state index contributed by atoms with van der Waals surface area (Å²) in [6.45, 7) is 3.82. The van der Waals surface area contributed by atoms with E-state index in [2.05, 4.69) is 4.98 Å². The zero-order chi connectivity index (χ0) is 12.3. The van der Waals surface area contributed by atoms with E-state index < -0.39 is 5.54 Å². The third kappa shape index (κ3) is 2.30. The number of nitrogens with zero attached hydrogens (tertiary/aromatic N) is 2. The van der Waals surface area contributed by atoms with E-state index in [9.17, 15) is 5.11 Å². The maximum absolute atomic E-state index is 9.31. The topological polar surface area (TPSA) is 86.2 Å². The first-order chi connectivity index (χ1) is 7.40. The molecule has 0 saturated carbocycles.